The molecule has 0 fully saturated rings. The summed E-state index contributed by atoms with van der Waals surface area (Å²) < 4.78 is 78.1. The second-order valence-corrected chi connectivity index (χ2v) is 8.34. The number of carbonyl (C=O) groups excluding carboxylic acids is 1. The van der Waals surface area contributed by atoms with Crippen LogP contribution in [0.1, 0.15) is 25.5 Å². The highest BCUT2D eigenvalue weighted by atomic mass is 35.5. The van der Waals surface area contributed by atoms with Gasteiger partial charge < -0.3 is 9.47 Å². The average molecular weight is 463 g/mol. The summed E-state index contributed by atoms with van der Waals surface area (Å²) in [6.45, 7) is 1.79. The maximum Gasteiger partial charge on any atom is 0.450 e. The predicted octanol–water partition coefficient (Wildman–Crippen LogP) is 5.23. The lowest BCUT2D eigenvalue weighted by molar-refractivity contribution is -0.147. The summed E-state index contributed by atoms with van der Waals surface area (Å²) in [5.41, 5.74) is 0.0293. The smallest absolute Gasteiger partial charge is 0.450 e. The Hall–Kier alpha value is -2.52. The maximum atomic E-state index is 13.9. The molecule has 2 aromatic rings. The molecule has 0 amide bonds. The molecule has 2 rings (SSSR count). The van der Waals surface area contributed by atoms with Crippen LogP contribution in [0.3, 0.4) is 0 Å². The van der Waals surface area contributed by atoms with Crippen LogP contribution in [0.4, 0.5) is 13.2 Å². The van der Waals surface area contributed by atoms with Gasteiger partial charge >= 0.3 is 12.1 Å². The quantitative estimate of drug-likeness (QED) is 0.416. The largest absolute Gasteiger partial charge is 0.488 e. The number of ether oxygens (including phenoxy) is 2. The highest BCUT2D eigenvalue weighted by Crippen LogP contribution is 2.41. The average Bonchev–Trinajstić information content (AvgIpc) is 2.66. The molecular weight excluding hydrogens is 445 g/mol. The molecule has 0 N–H and O–H groups in total. The molecule has 0 saturated carbocycles. The number of rotatable bonds is 7. The Bertz CT molecular complexity index is 1020. The molecule has 5 nitrogen and oxygen atoms in total. The fourth-order valence-electron chi connectivity index (χ4n) is 2.63. The molecule has 0 aliphatic heterocycles. The van der Waals surface area contributed by atoms with Crippen molar-refractivity contribution in [3.8, 4) is 0 Å². The van der Waals surface area contributed by atoms with Gasteiger partial charge in [0.05, 0.1) is 11.5 Å². The first kappa shape index (κ1) is 23.8. The van der Waals surface area contributed by atoms with Crippen LogP contribution in [0.5, 0.6) is 0 Å². The normalized spacial score (nSPS) is 13.9. The lowest BCUT2D eigenvalue weighted by Crippen LogP contribution is -2.26. The van der Waals surface area contributed by atoms with Crippen LogP contribution in [0, 0.1) is 0 Å². The molecule has 0 aliphatic carbocycles. The summed E-state index contributed by atoms with van der Waals surface area (Å²) in [6, 6.07) is 11.8. The third-order valence-corrected chi connectivity index (χ3v) is 5.93. The van der Waals surface area contributed by atoms with Gasteiger partial charge in [0.15, 0.2) is 6.10 Å². The molecule has 0 heterocycles. The van der Waals surface area contributed by atoms with E-state index in [2.05, 4.69) is 0 Å². The number of carbonyl (C=O) groups is 1. The van der Waals surface area contributed by atoms with Crippen molar-refractivity contribution in [3.63, 3.8) is 0 Å². The van der Waals surface area contributed by atoms with Gasteiger partial charge in [0.2, 0.25) is 15.6 Å². The van der Waals surface area contributed by atoms with E-state index in [9.17, 15) is 26.4 Å². The van der Waals surface area contributed by atoms with Crippen molar-refractivity contribution in [2.45, 2.75) is 31.0 Å². The molecule has 0 saturated heterocycles. The standard InChI is InChI=1S/C20H18ClF3O5S/c1-3-28-19(20(22,23)24)18(30(26,27)16-11-9-15(21)10-12-16)17(29-13(2)25)14-7-5-4-6-8-14/h4-12,17H,3H2,1-2H3/b19-18+. The van der Waals surface area contributed by atoms with Crippen molar-refractivity contribution < 1.29 is 35.9 Å². The van der Waals surface area contributed by atoms with E-state index < -0.39 is 50.3 Å². The molecule has 162 valence electrons. The molecule has 30 heavy (non-hydrogen) atoms. The Morgan fingerprint density at radius 3 is 2.10 bits per heavy atom. The SMILES string of the molecule is CCO/C(=C(\C(OC(C)=O)c1ccccc1)S(=O)(=O)c1ccc(Cl)cc1)C(F)(F)F. The van der Waals surface area contributed by atoms with Gasteiger partial charge in [-0.25, -0.2) is 8.42 Å². The summed E-state index contributed by atoms with van der Waals surface area (Å²) in [7, 11) is -4.82. The minimum absolute atomic E-state index is 0.0293. The molecule has 2 aromatic carbocycles. The number of halogens is 4. The predicted molar refractivity (Wildman–Crippen MR) is 104 cm³/mol. The number of esters is 1. The van der Waals surface area contributed by atoms with Crippen LogP contribution in [-0.4, -0.2) is 27.2 Å². The van der Waals surface area contributed by atoms with Crippen molar-refractivity contribution in [2.24, 2.45) is 0 Å². The van der Waals surface area contributed by atoms with Gasteiger partial charge in [-0.1, -0.05) is 41.9 Å². The number of allylic oxidation sites excluding steroid dienone is 1. The van der Waals surface area contributed by atoms with Crippen LogP contribution in [-0.2, 0) is 24.1 Å². The summed E-state index contributed by atoms with van der Waals surface area (Å²) in [6.07, 6.45) is -7.05. The number of alkyl halides is 3. The third kappa shape index (κ3) is 5.54. The first-order chi connectivity index (χ1) is 14.0. The number of hydrogen-bond acceptors (Lipinski definition) is 5. The molecule has 1 atom stereocenters. The van der Waals surface area contributed by atoms with E-state index in [-0.39, 0.29) is 10.6 Å². The van der Waals surface area contributed by atoms with Crippen molar-refractivity contribution in [2.75, 3.05) is 6.61 Å². The van der Waals surface area contributed by atoms with Crippen LogP contribution in [0.15, 0.2) is 70.2 Å². The summed E-state index contributed by atoms with van der Waals surface area (Å²) in [4.78, 5) is 10.0. The number of sulfone groups is 1. The molecule has 0 aliphatic rings. The second kappa shape index (κ2) is 9.53. The van der Waals surface area contributed by atoms with Gasteiger partial charge in [-0.05, 0) is 36.8 Å². The van der Waals surface area contributed by atoms with Crippen LogP contribution < -0.4 is 0 Å². The first-order valence-corrected chi connectivity index (χ1v) is 10.5. The van der Waals surface area contributed by atoms with Crippen LogP contribution in [0.25, 0.3) is 0 Å². The Kier molecular flexibility index (Phi) is 7.54. The van der Waals surface area contributed by atoms with Crippen molar-refractivity contribution in [1.29, 1.82) is 0 Å². The second-order valence-electron chi connectivity index (χ2n) is 5.98. The van der Waals surface area contributed by atoms with E-state index in [1.54, 1.807) is 6.07 Å². The molecule has 0 spiro atoms. The van der Waals surface area contributed by atoms with Gasteiger partial charge in [0.25, 0.3) is 0 Å². The lowest BCUT2D eigenvalue weighted by Gasteiger charge is -2.25. The number of hydrogen-bond donors (Lipinski definition) is 0. The third-order valence-electron chi connectivity index (χ3n) is 3.81. The van der Waals surface area contributed by atoms with E-state index >= 15 is 0 Å². The lowest BCUT2D eigenvalue weighted by atomic mass is 10.1. The summed E-state index contributed by atoms with van der Waals surface area (Å²) >= 11 is 5.77. The van der Waals surface area contributed by atoms with E-state index in [0.29, 0.717) is 0 Å². The van der Waals surface area contributed by atoms with Gasteiger partial charge in [0.1, 0.15) is 4.91 Å². The summed E-state index contributed by atoms with van der Waals surface area (Å²) in [5, 5.41) is 0.194. The Labute approximate surface area is 177 Å². The first-order valence-electron chi connectivity index (χ1n) is 8.65. The highest BCUT2D eigenvalue weighted by molar-refractivity contribution is 7.95. The monoisotopic (exact) mass is 462 g/mol. The molecule has 0 aromatic heterocycles. The zero-order chi connectivity index (χ0) is 22.5. The topological polar surface area (TPSA) is 69.7 Å². The van der Waals surface area contributed by atoms with E-state index in [1.807, 2.05) is 0 Å². The van der Waals surface area contributed by atoms with Crippen molar-refractivity contribution in [3.05, 3.63) is 75.8 Å². The zero-order valence-corrected chi connectivity index (χ0v) is 17.5. The maximum absolute atomic E-state index is 13.9. The zero-order valence-electron chi connectivity index (χ0n) is 15.9. The van der Waals surface area contributed by atoms with Crippen molar-refractivity contribution in [1.82, 2.24) is 0 Å². The Balaban J connectivity index is 2.90. The van der Waals surface area contributed by atoms with Gasteiger partial charge in [-0.3, -0.25) is 4.79 Å². The molecule has 0 bridgehead atoms. The van der Waals surface area contributed by atoms with Gasteiger partial charge in [0, 0.05) is 11.9 Å². The fourth-order valence-corrected chi connectivity index (χ4v) is 4.39. The van der Waals surface area contributed by atoms with E-state index in [4.69, 9.17) is 21.1 Å². The van der Waals surface area contributed by atoms with Crippen LogP contribution >= 0.6 is 11.6 Å². The minimum Gasteiger partial charge on any atom is -0.488 e. The molecule has 1 unspecified atom stereocenters. The van der Waals surface area contributed by atoms with Gasteiger partial charge in [-0.15, -0.1) is 0 Å². The van der Waals surface area contributed by atoms with E-state index in [1.165, 1.54) is 43.3 Å². The fraction of sp³-hybridized carbons (Fsp3) is 0.250. The number of benzene rings is 2. The minimum atomic E-state index is -5.17. The van der Waals surface area contributed by atoms with Crippen molar-refractivity contribution >= 4 is 27.4 Å². The van der Waals surface area contributed by atoms with Crippen LogP contribution in [0.2, 0.25) is 5.02 Å². The molecule has 0 radical (unpaired) electrons. The highest BCUT2D eigenvalue weighted by Gasteiger charge is 2.46. The molecular formula is C20H18ClF3O5S. The Morgan fingerprint density at radius 1 is 1.07 bits per heavy atom. The van der Waals surface area contributed by atoms with Gasteiger partial charge in [-0.2, -0.15) is 13.2 Å². The molecule has 10 heteroatoms. The summed E-state index contributed by atoms with van der Waals surface area (Å²) in [5.74, 6) is -2.72. The Morgan fingerprint density at radius 2 is 1.63 bits per heavy atom. The van der Waals surface area contributed by atoms with E-state index in [0.717, 1.165) is 19.1 Å².